The number of rotatable bonds is 6. The van der Waals surface area contributed by atoms with Gasteiger partial charge in [0.05, 0.1) is 12.2 Å². The quantitative estimate of drug-likeness (QED) is 0.741. The van der Waals surface area contributed by atoms with Gasteiger partial charge < -0.3 is 9.84 Å². The second-order valence-corrected chi connectivity index (χ2v) is 4.59. The molecule has 0 spiro atoms. The number of nitrogens with one attached hydrogen (secondary N) is 1. The number of hydrogen-bond donors (Lipinski definition) is 1. The summed E-state index contributed by atoms with van der Waals surface area (Å²) in [6.07, 6.45) is 2.33. The molecule has 0 saturated heterocycles. The maximum absolute atomic E-state index is 5.22. The van der Waals surface area contributed by atoms with Gasteiger partial charge in [0.1, 0.15) is 0 Å². The zero-order valence-electron chi connectivity index (χ0n) is 11.4. The van der Waals surface area contributed by atoms with Gasteiger partial charge in [-0.2, -0.15) is 15.2 Å². The predicted octanol–water partition coefficient (Wildman–Crippen LogP) is 1.74. The monoisotopic (exact) mass is 281 g/mol. The van der Waals surface area contributed by atoms with E-state index in [0.717, 1.165) is 11.3 Å². The highest BCUT2D eigenvalue weighted by atomic mass is 16.5. The number of benzene rings is 1. The first-order chi connectivity index (χ1) is 10.4. The Morgan fingerprint density at radius 3 is 2.71 bits per heavy atom. The molecule has 3 rings (SSSR count). The van der Waals surface area contributed by atoms with Gasteiger partial charge in [-0.3, -0.25) is 0 Å². The smallest absolute Gasteiger partial charge is 0.240 e. The van der Waals surface area contributed by atoms with Crippen LogP contribution < -0.4 is 5.32 Å². The van der Waals surface area contributed by atoms with Gasteiger partial charge in [-0.15, -0.1) is 0 Å². The molecule has 1 N–H and O–H groups in total. The van der Waals surface area contributed by atoms with Crippen LogP contribution >= 0.6 is 0 Å². The zero-order valence-corrected chi connectivity index (χ0v) is 11.4. The Labute approximate surface area is 122 Å². The van der Waals surface area contributed by atoms with Crippen molar-refractivity contribution < 1.29 is 4.52 Å². The van der Waals surface area contributed by atoms with E-state index in [9.17, 15) is 0 Å². The second kappa shape index (κ2) is 6.71. The number of aromatic nitrogens is 4. The molecule has 0 unspecified atom stereocenters. The molecular weight excluding hydrogens is 266 g/mol. The van der Waals surface area contributed by atoms with E-state index in [1.54, 1.807) is 6.20 Å². The van der Waals surface area contributed by atoms with Crippen LogP contribution in [0, 0.1) is 0 Å². The minimum atomic E-state index is 0.512. The molecule has 2 heterocycles. The maximum atomic E-state index is 5.22. The van der Waals surface area contributed by atoms with E-state index >= 15 is 0 Å². The molecular formula is C15H15N5O. The van der Waals surface area contributed by atoms with E-state index in [0.29, 0.717) is 31.2 Å². The summed E-state index contributed by atoms with van der Waals surface area (Å²) in [5.74, 6) is 1.27. The van der Waals surface area contributed by atoms with Crippen LogP contribution in [0.15, 0.2) is 53.2 Å². The van der Waals surface area contributed by atoms with Crippen LogP contribution in [0.25, 0.3) is 0 Å². The Balaban J connectivity index is 1.51. The summed E-state index contributed by atoms with van der Waals surface area (Å²) in [5, 5.41) is 15.0. The van der Waals surface area contributed by atoms with Crippen molar-refractivity contribution >= 4 is 0 Å². The third-order valence-corrected chi connectivity index (χ3v) is 2.93. The van der Waals surface area contributed by atoms with Crippen molar-refractivity contribution in [2.45, 2.75) is 19.5 Å². The van der Waals surface area contributed by atoms with Crippen molar-refractivity contribution in [1.82, 2.24) is 25.7 Å². The topological polar surface area (TPSA) is 76.7 Å². The van der Waals surface area contributed by atoms with E-state index in [4.69, 9.17) is 4.52 Å². The summed E-state index contributed by atoms with van der Waals surface area (Å²) in [4.78, 5) is 4.36. The molecule has 0 atom stereocenters. The van der Waals surface area contributed by atoms with Crippen molar-refractivity contribution in [1.29, 1.82) is 0 Å². The summed E-state index contributed by atoms with van der Waals surface area (Å²) in [5.41, 5.74) is 2.04. The predicted molar refractivity (Wildman–Crippen MR) is 76.1 cm³/mol. The van der Waals surface area contributed by atoms with Crippen LogP contribution in [-0.2, 0) is 19.5 Å². The average Bonchev–Trinajstić information content (AvgIpc) is 2.97. The molecule has 6 nitrogen and oxygen atoms in total. The van der Waals surface area contributed by atoms with E-state index in [-0.39, 0.29) is 0 Å². The molecule has 0 saturated carbocycles. The Kier molecular flexibility index (Phi) is 4.28. The van der Waals surface area contributed by atoms with E-state index in [2.05, 4.69) is 25.7 Å². The van der Waals surface area contributed by atoms with Gasteiger partial charge in [0, 0.05) is 19.2 Å². The lowest BCUT2D eigenvalue weighted by Gasteiger charge is -1.99. The summed E-state index contributed by atoms with van der Waals surface area (Å²) in [6.45, 7) is 1.13. The van der Waals surface area contributed by atoms with E-state index in [1.807, 2.05) is 42.5 Å². The van der Waals surface area contributed by atoms with E-state index < -0.39 is 0 Å². The number of nitrogens with zero attached hydrogens (tertiary/aromatic N) is 4. The standard InChI is InChI=1S/C15H15N5O/c1-2-5-12(6-3-1)9-14-18-15(21-20-14)11-16-10-13-7-4-8-17-19-13/h1-8,16H,9-11H2. The van der Waals surface area contributed by atoms with Gasteiger partial charge in [0.15, 0.2) is 5.82 Å². The Morgan fingerprint density at radius 2 is 1.90 bits per heavy atom. The molecule has 0 radical (unpaired) electrons. The molecule has 1 aromatic carbocycles. The largest absolute Gasteiger partial charge is 0.338 e. The Bertz CT molecular complexity index is 669. The third kappa shape index (κ3) is 3.93. The lowest BCUT2D eigenvalue weighted by molar-refractivity contribution is 0.363. The summed E-state index contributed by atoms with van der Waals surface area (Å²) in [6, 6.07) is 13.8. The van der Waals surface area contributed by atoms with Crippen molar-refractivity contribution in [3.63, 3.8) is 0 Å². The highest BCUT2D eigenvalue weighted by Gasteiger charge is 2.06. The molecule has 3 aromatic rings. The maximum Gasteiger partial charge on any atom is 0.240 e. The molecule has 21 heavy (non-hydrogen) atoms. The molecule has 0 bridgehead atoms. The first-order valence-corrected chi connectivity index (χ1v) is 6.73. The van der Waals surface area contributed by atoms with Crippen LogP contribution in [0.2, 0.25) is 0 Å². The van der Waals surface area contributed by atoms with Gasteiger partial charge in [-0.1, -0.05) is 35.5 Å². The molecule has 0 aliphatic heterocycles. The fraction of sp³-hybridized carbons (Fsp3) is 0.200. The molecule has 6 heteroatoms. The normalized spacial score (nSPS) is 10.7. The zero-order chi connectivity index (χ0) is 14.3. The van der Waals surface area contributed by atoms with Crippen molar-refractivity contribution in [3.8, 4) is 0 Å². The minimum absolute atomic E-state index is 0.512. The molecule has 0 amide bonds. The van der Waals surface area contributed by atoms with Crippen LogP contribution in [0.1, 0.15) is 23.0 Å². The number of hydrogen-bond acceptors (Lipinski definition) is 6. The van der Waals surface area contributed by atoms with E-state index in [1.165, 1.54) is 0 Å². The summed E-state index contributed by atoms with van der Waals surface area (Å²) in [7, 11) is 0. The van der Waals surface area contributed by atoms with Gasteiger partial charge >= 0.3 is 0 Å². The fourth-order valence-electron chi connectivity index (χ4n) is 1.94. The SMILES string of the molecule is c1ccc(Cc2noc(CNCc3cccnn3)n2)cc1. The third-order valence-electron chi connectivity index (χ3n) is 2.93. The van der Waals surface area contributed by atoms with Gasteiger partial charge in [0.2, 0.25) is 5.89 Å². The van der Waals surface area contributed by atoms with Crippen molar-refractivity contribution in [2.75, 3.05) is 0 Å². The summed E-state index contributed by atoms with van der Waals surface area (Å²) < 4.78 is 5.22. The first kappa shape index (κ1) is 13.4. The van der Waals surface area contributed by atoms with Gasteiger partial charge in [-0.25, -0.2) is 0 Å². The Morgan fingerprint density at radius 1 is 1.00 bits per heavy atom. The van der Waals surface area contributed by atoms with Crippen LogP contribution in [0.3, 0.4) is 0 Å². The second-order valence-electron chi connectivity index (χ2n) is 4.59. The molecule has 2 aromatic heterocycles. The van der Waals surface area contributed by atoms with Crippen molar-refractivity contribution in [2.24, 2.45) is 0 Å². The van der Waals surface area contributed by atoms with Crippen LogP contribution in [-0.4, -0.2) is 20.3 Å². The van der Waals surface area contributed by atoms with Crippen LogP contribution in [0.5, 0.6) is 0 Å². The summed E-state index contributed by atoms with van der Waals surface area (Å²) >= 11 is 0. The lowest BCUT2D eigenvalue weighted by Crippen LogP contribution is -2.14. The first-order valence-electron chi connectivity index (χ1n) is 6.73. The average molecular weight is 281 g/mol. The minimum Gasteiger partial charge on any atom is -0.338 e. The molecule has 0 aliphatic rings. The Hall–Kier alpha value is -2.60. The van der Waals surface area contributed by atoms with Gasteiger partial charge in [0.25, 0.3) is 0 Å². The van der Waals surface area contributed by atoms with Crippen molar-refractivity contribution in [3.05, 3.63) is 71.6 Å². The molecule has 0 fully saturated rings. The van der Waals surface area contributed by atoms with Crippen LogP contribution in [0.4, 0.5) is 0 Å². The van der Waals surface area contributed by atoms with Gasteiger partial charge in [-0.05, 0) is 17.7 Å². The fourth-order valence-corrected chi connectivity index (χ4v) is 1.94. The molecule has 106 valence electrons. The highest BCUT2D eigenvalue weighted by Crippen LogP contribution is 2.06. The molecule has 0 aliphatic carbocycles. The highest BCUT2D eigenvalue weighted by molar-refractivity contribution is 5.18. The lowest BCUT2D eigenvalue weighted by atomic mass is 10.1.